The van der Waals surface area contributed by atoms with Crippen LogP contribution in [0.5, 0.6) is 0 Å². The third-order valence-corrected chi connectivity index (χ3v) is 4.34. The molecule has 1 aliphatic rings. The van der Waals surface area contributed by atoms with Gasteiger partial charge in [0.2, 0.25) is 0 Å². The lowest BCUT2D eigenvalue weighted by Crippen LogP contribution is -2.44. The Hall–Kier alpha value is -2.90. The lowest BCUT2D eigenvalue weighted by molar-refractivity contribution is -0.158. The number of urea groups is 1. The van der Waals surface area contributed by atoms with Crippen LogP contribution in [0.1, 0.15) is 37.0 Å². The predicted molar refractivity (Wildman–Crippen MR) is 94.5 cm³/mol. The lowest BCUT2D eigenvalue weighted by Gasteiger charge is -2.30. The maximum Gasteiger partial charge on any atom is 0.314 e. The van der Waals surface area contributed by atoms with Crippen LogP contribution in [0.25, 0.3) is 0 Å². The van der Waals surface area contributed by atoms with E-state index >= 15 is 0 Å². The second kappa shape index (κ2) is 8.46. The number of nitrogens with two attached hydrogens (primary N) is 1. The average molecular weight is 361 g/mol. The Kier molecular flexibility index (Phi) is 6.32. The highest BCUT2D eigenvalue weighted by Gasteiger charge is 2.29. The third kappa shape index (κ3) is 5.05. The van der Waals surface area contributed by atoms with Crippen molar-refractivity contribution in [3.63, 3.8) is 0 Å². The van der Waals surface area contributed by atoms with Crippen LogP contribution in [0.4, 0.5) is 10.5 Å². The zero-order valence-corrected chi connectivity index (χ0v) is 14.9. The smallest absolute Gasteiger partial charge is 0.314 e. The van der Waals surface area contributed by atoms with Gasteiger partial charge in [-0.1, -0.05) is 12.1 Å². The second-order valence-electron chi connectivity index (χ2n) is 6.30. The summed E-state index contributed by atoms with van der Waals surface area (Å²) in [5, 5.41) is 2.63. The summed E-state index contributed by atoms with van der Waals surface area (Å²) in [6.07, 6.45) is -0.0641. The van der Waals surface area contributed by atoms with Crippen LogP contribution < -0.4 is 11.1 Å². The number of benzene rings is 1. The van der Waals surface area contributed by atoms with Crippen LogP contribution in [0.2, 0.25) is 0 Å². The molecule has 8 heteroatoms. The Morgan fingerprint density at radius 2 is 1.88 bits per heavy atom. The number of likely N-dealkylation sites (tertiary alicyclic amines) is 1. The lowest BCUT2D eigenvalue weighted by atomic mass is 9.97. The SMILES string of the molecule is CC(=O)c1cccc(NC(=O)[C@@H](C)OC(=O)C2CCN(C(N)=O)CC2)c1. The van der Waals surface area contributed by atoms with E-state index < -0.39 is 24.0 Å². The van der Waals surface area contributed by atoms with Gasteiger partial charge in [-0.15, -0.1) is 0 Å². The number of rotatable bonds is 5. The van der Waals surface area contributed by atoms with Gasteiger partial charge in [0.25, 0.3) is 5.91 Å². The summed E-state index contributed by atoms with van der Waals surface area (Å²) < 4.78 is 5.24. The third-order valence-electron chi connectivity index (χ3n) is 4.34. The largest absolute Gasteiger partial charge is 0.452 e. The minimum absolute atomic E-state index is 0.108. The number of hydrogen-bond acceptors (Lipinski definition) is 5. The Balaban J connectivity index is 1.87. The molecule has 0 aliphatic carbocycles. The maximum absolute atomic E-state index is 12.2. The molecule has 1 aromatic carbocycles. The number of primary amides is 1. The van der Waals surface area contributed by atoms with E-state index in [2.05, 4.69) is 5.32 Å². The quantitative estimate of drug-likeness (QED) is 0.609. The molecule has 3 N–H and O–H groups in total. The summed E-state index contributed by atoms with van der Waals surface area (Å²) in [4.78, 5) is 48.4. The van der Waals surface area contributed by atoms with E-state index in [-0.39, 0.29) is 11.7 Å². The maximum atomic E-state index is 12.2. The Bertz CT molecular complexity index is 711. The number of nitrogens with one attached hydrogen (secondary N) is 1. The number of Topliss-reactive ketones (excluding diaryl/α,β-unsaturated/α-hetero) is 1. The first kappa shape index (κ1) is 19.4. The van der Waals surface area contributed by atoms with Gasteiger partial charge in [0, 0.05) is 24.3 Å². The number of carbonyl (C=O) groups excluding carboxylic acids is 4. The molecule has 8 nitrogen and oxygen atoms in total. The van der Waals surface area contributed by atoms with Crippen molar-refractivity contribution in [3.05, 3.63) is 29.8 Å². The number of nitrogens with zero attached hydrogens (tertiary/aromatic N) is 1. The first-order chi connectivity index (χ1) is 12.3. The number of piperidine rings is 1. The minimum atomic E-state index is -0.974. The monoisotopic (exact) mass is 361 g/mol. The molecular formula is C18H23N3O5. The Labute approximate surface area is 151 Å². The van der Waals surface area contributed by atoms with Crippen molar-refractivity contribution in [1.82, 2.24) is 4.90 Å². The van der Waals surface area contributed by atoms with Crippen molar-refractivity contribution in [1.29, 1.82) is 0 Å². The topological polar surface area (TPSA) is 119 Å². The fraction of sp³-hybridized carbons (Fsp3) is 0.444. The van der Waals surface area contributed by atoms with Gasteiger partial charge >= 0.3 is 12.0 Å². The molecule has 3 amide bonds. The van der Waals surface area contributed by atoms with Gasteiger partial charge in [0.15, 0.2) is 11.9 Å². The van der Waals surface area contributed by atoms with E-state index in [1.165, 1.54) is 18.7 Å². The Morgan fingerprint density at radius 1 is 1.23 bits per heavy atom. The van der Waals surface area contributed by atoms with Crippen molar-refractivity contribution in [3.8, 4) is 0 Å². The van der Waals surface area contributed by atoms with Gasteiger partial charge in [-0.05, 0) is 38.8 Å². The molecule has 140 valence electrons. The van der Waals surface area contributed by atoms with Crippen LogP contribution in [0.15, 0.2) is 24.3 Å². The number of ether oxygens (including phenoxy) is 1. The number of esters is 1. The van der Waals surface area contributed by atoms with Crippen LogP contribution in [0, 0.1) is 5.92 Å². The van der Waals surface area contributed by atoms with Gasteiger partial charge in [-0.25, -0.2) is 4.79 Å². The fourth-order valence-electron chi connectivity index (χ4n) is 2.72. The highest BCUT2D eigenvalue weighted by Crippen LogP contribution is 2.19. The van der Waals surface area contributed by atoms with Crippen molar-refractivity contribution in [2.75, 3.05) is 18.4 Å². The zero-order valence-electron chi connectivity index (χ0n) is 14.9. The predicted octanol–water partition coefficient (Wildman–Crippen LogP) is 1.55. The summed E-state index contributed by atoms with van der Waals surface area (Å²) in [6, 6.07) is 6.03. The fourth-order valence-corrected chi connectivity index (χ4v) is 2.72. The van der Waals surface area contributed by atoms with E-state index in [9.17, 15) is 19.2 Å². The van der Waals surface area contributed by atoms with Crippen molar-refractivity contribution in [2.45, 2.75) is 32.8 Å². The molecule has 0 spiro atoms. The number of amides is 3. The zero-order chi connectivity index (χ0) is 19.3. The first-order valence-corrected chi connectivity index (χ1v) is 8.44. The molecule has 0 aromatic heterocycles. The number of ketones is 1. The molecule has 0 radical (unpaired) electrons. The standard InChI is InChI=1S/C18H23N3O5/c1-11(22)14-4-3-5-15(10-14)20-16(23)12(2)26-17(24)13-6-8-21(9-7-13)18(19)25/h3-5,10,12-13H,6-9H2,1-2H3,(H2,19,25)(H,20,23)/t12-/m1/s1. The van der Waals surface area contributed by atoms with Crippen LogP contribution in [-0.2, 0) is 14.3 Å². The molecule has 0 saturated carbocycles. The molecule has 2 rings (SSSR count). The second-order valence-corrected chi connectivity index (χ2v) is 6.30. The molecule has 1 saturated heterocycles. The van der Waals surface area contributed by atoms with E-state index in [4.69, 9.17) is 10.5 Å². The number of hydrogen-bond donors (Lipinski definition) is 2. The molecule has 1 fully saturated rings. The van der Waals surface area contributed by atoms with Crippen LogP contribution in [-0.4, -0.2) is 47.8 Å². The summed E-state index contributed by atoms with van der Waals surface area (Å²) in [5.41, 5.74) is 6.15. The molecule has 1 aliphatic heterocycles. The van der Waals surface area contributed by atoms with Crippen molar-refractivity contribution < 1.29 is 23.9 Å². The summed E-state index contributed by atoms with van der Waals surface area (Å²) in [6.45, 7) is 3.72. The van der Waals surface area contributed by atoms with Crippen molar-refractivity contribution in [2.24, 2.45) is 11.7 Å². The molecule has 1 heterocycles. The summed E-state index contributed by atoms with van der Waals surface area (Å²) in [5.74, 6) is -1.41. The molecular weight excluding hydrogens is 338 g/mol. The van der Waals surface area contributed by atoms with E-state index in [1.807, 2.05) is 0 Å². The van der Waals surface area contributed by atoms with Crippen molar-refractivity contribution >= 4 is 29.4 Å². The van der Waals surface area contributed by atoms with Gasteiger partial charge in [0.05, 0.1) is 5.92 Å². The van der Waals surface area contributed by atoms with Crippen LogP contribution in [0.3, 0.4) is 0 Å². The van der Waals surface area contributed by atoms with Gasteiger partial charge < -0.3 is 20.7 Å². The van der Waals surface area contributed by atoms with E-state index in [0.717, 1.165) is 0 Å². The first-order valence-electron chi connectivity index (χ1n) is 8.44. The molecule has 1 aromatic rings. The minimum Gasteiger partial charge on any atom is -0.452 e. The molecule has 1 atom stereocenters. The van der Waals surface area contributed by atoms with Crippen LogP contribution >= 0.6 is 0 Å². The molecule has 0 unspecified atom stereocenters. The highest BCUT2D eigenvalue weighted by atomic mass is 16.5. The van der Waals surface area contributed by atoms with E-state index in [1.54, 1.807) is 24.3 Å². The Morgan fingerprint density at radius 3 is 2.46 bits per heavy atom. The normalized spacial score (nSPS) is 15.8. The molecule has 0 bridgehead atoms. The van der Waals surface area contributed by atoms with Gasteiger partial charge in [-0.3, -0.25) is 14.4 Å². The van der Waals surface area contributed by atoms with Gasteiger partial charge in [-0.2, -0.15) is 0 Å². The molecule has 26 heavy (non-hydrogen) atoms. The van der Waals surface area contributed by atoms with E-state index in [0.29, 0.717) is 37.2 Å². The average Bonchev–Trinajstić information content (AvgIpc) is 2.61. The summed E-state index contributed by atoms with van der Waals surface area (Å²) in [7, 11) is 0. The summed E-state index contributed by atoms with van der Waals surface area (Å²) >= 11 is 0. The number of anilines is 1. The van der Waals surface area contributed by atoms with Gasteiger partial charge in [0.1, 0.15) is 0 Å². The highest BCUT2D eigenvalue weighted by molar-refractivity contribution is 5.98. The number of carbonyl (C=O) groups is 4.